The van der Waals surface area contributed by atoms with Crippen LogP contribution < -0.4 is 5.32 Å². The molecule has 0 bridgehead atoms. The Morgan fingerprint density at radius 2 is 2.56 bits per heavy atom. The summed E-state index contributed by atoms with van der Waals surface area (Å²) in [4.78, 5) is 10.3. The molecule has 1 aliphatic rings. The number of aliphatic carboxylic acids is 1. The van der Waals surface area contributed by atoms with Crippen LogP contribution in [0.25, 0.3) is 0 Å². The van der Waals surface area contributed by atoms with E-state index in [-0.39, 0.29) is 5.92 Å². The maximum atomic E-state index is 10.3. The molecule has 1 atom stereocenters. The highest BCUT2D eigenvalue weighted by Crippen LogP contribution is 2.14. The second-order valence-corrected chi connectivity index (χ2v) is 2.22. The van der Waals surface area contributed by atoms with E-state index in [0.717, 1.165) is 5.70 Å². The number of hydrogen-bond donors (Lipinski definition) is 2. The van der Waals surface area contributed by atoms with Crippen LogP contribution in [0.15, 0.2) is 12.3 Å². The van der Waals surface area contributed by atoms with Gasteiger partial charge in [0.15, 0.2) is 0 Å². The molecule has 1 unspecified atom stereocenters. The molecule has 0 aromatic heterocycles. The topological polar surface area (TPSA) is 49.3 Å². The van der Waals surface area contributed by atoms with Crippen molar-refractivity contribution >= 4 is 5.97 Å². The van der Waals surface area contributed by atoms with E-state index >= 15 is 0 Å². The summed E-state index contributed by atoms with van der Waals surface area (Å²) in [6, 6.07) is 0. The molecule has 0 aliphatic carbocycles. The van der Waals surface area contributed by atoms with Crippen LogP contribution in [0.1, 0.15) is 6.42 Å². The van der Waals surface area contributed by atoms with Crippen LogP contribution in [0.5, 0.6) is 0 Å². The molecular formula is C6H9NO2. The predicted molar refractivity (Wildman–Crippen MR) is 32.9 cm³/mol. The predicted octanol–water partition coefficient (Wildman–Crippen LogP) is 0.194. The Morgan fingerprint density at radius 3 is 2.78 bits per heavy atom. The summed E-state index contributed by atoms with van der Waals surface area (Å²) in [7, 11) is 0. The van der Waals surface area contributed by atoms with E-state index in [2.05, 4.69) is 11.9 Å². The van der Waals surface area contributed by atoms with Gasteiger partial charge in [-0.15, -0.1) is 0 Å². The Morgan fingerprint density at radius 1 is 1.89 bits per heavy atom. The first-order valence-electron chi connectivity index (χ1n) is 2.84. The molecule has 3 heteroatoms. The van der Waals surface area contributed by atoms with Crippen LogP contribution in [0.2, 0.25) is 0 Å². The average Bonchev–Trinajstić information content (AvgIpc) is 2.14. The molecule has 1 heterocycles. The van der Waals surface area contributed by atoms with Crippen molar-refractivity contribution in [3.8, 4) is 0 Å². The molecule has 0 amide bonds. The summed E-state index contributed by atoms with van der Waals surface area (Å²) in [6.07, 6.45) is 0.579. The highest BCUT2D eigenvalue weighted by molar-refractivity contribution is 5.71. The lowest BCUT2D eigenvalue weighted by Crippen LogP contribution is -2.16. The molecule has 1 saturated heterocycles. The second-order valence-electron chi connectivity index (χ2n) is 2.22. The molecule has 2 N–H and O–H groups in total. The number of nitrogens with one attached hydrogen (secondary N) is 1. The van der Waals surface area contributed by atoms with Gasteiger partial charge in [-0.1, -0.05) is 6.58 Å². The van der Waals surface area contributed by atoms with Crippen molar-refractivity contribution in [1.82, 2.24) is 5.32 Å². The van der Waals surface area contributed by atoms with E-state index in [4.69, 9.17) is 5.11 Å². The molecule has 3 nitrogen and oxygen atoms in total. The molecule has 9 heavy (non-hydrogen) atoms. The zero-order chi connectivity index (χ0) is 6.85. The fourth-order valence-electron chi connectivity index (χ4n) is 0.884. The van der Waals surface area contributed by atoms with Gasteiger partial charge in [-0.25, -0.2) is 0 Å². The van der Waals surface area contributed by atoms with Crippen molar-refractivity contribution in [3.63, 3.8) is 0 Å². The zero-order valence-corrected chi connectivity index (χ0v) is 5.05. The van der Waals surface area contributed by atoms with Crippen LogP contribution in [0, 0.1) is 5.92 Å². The van der Waals surface area contributed by atoms with Gasteiger partial charge in [-0.05, 0) is 0 Å². The molecule has 1 fully saturated rings. The smallest absolute Gasteiger partial charge is 0.308 e. The molecule has 1 rings (SSSR count). The van der Waals surface area contributed by atoms with Gasteiger partial charge in [-0.3, -0.25) is 4.79 Å². The van der Waals surface area contributed by atoms with Gasteiger partial charge in [-0.2, -0.15) is 0 Å². The Bertz CT molecular complexity index is 153. The largest absolute Gasteiger partial charge is 0.481 e. The van der Waals surface area contributed by atoms with Crippen molar-refractivity contribution in [3.05, 3.63) is 12.3 Å². The van der Waals surface area contributed by atoms with E-state index in [1.165, 1.54) is 0 Å². The molecule has 1 aliphatic heterocycles. The van der Waals surface area contributed by atoms with E-state index < -0.39 is 5.97 Å². The van der Waals surface area contributed by atoms with Gasteiger partial charge >= 0.3 is 5.97 Å². The van der Waals surface area contributed by atoms with Gasteiger partial charge < -0.3 is 10.4 Å². The fraction of sp³-hybridized carbons (Fsp3) is 0.500. The van der Waals surface area contributed by atoms with Crippen LogP contribution in [0.4, 0.5) is 0 Å². The third-order valence-electron chi connectivity index (χ3n) is 1.44. The average molecular weight is 127 g/mol. The SMILES string of the molecule is C=C1CC(C(=O)O)CN1. The van der Waals surface area contributed by atoms with Gasteiger partial charge in [0.2, 0.25) is 0 Å². The summed E-state index contributed by atoms with van der Waals surface area (Å²) in [5, 5.41) is 11.3. The van der Waals surface area contributed by atoms with E-state index in [1.54, 1.807) is 0 Å². The molecule has 0 aromatic carbocycles. The summed E-state index contributed by atoms with van der Waals surface area (Å²) in [5.41, 5.74) is 0.836. The van der Waals surface area contributed by atoms with Gasteiger partial charge in [0.05, 0.1) is 5.92 Å². The third-order valence-corrected chi connectivity index (χ3v) is 1.44. The first-order valence-corrected chi connectivity index (χ1v) is 2.84. The second kappa shape index (κ2) is 2.09. The highest BCUT2D eigenvalue weighted by Gasteiger charge is 2.23. The van der Waals surface area contributed by atoms with E-state index in [1.807, 2.05) is 0 Å². The third kappa shape index (κ3) is 1.22. The van der Waals surface area contributed by atoms with Crippen LogP contribution in [-0.2, 0) is 4.79 Å². The first kappa shape index (κ1) is 6.13. The van der Waals surface area contributed by atoms with Crippen molar-refractivity contribution in [2.24, 2.45) is 5.92 Å². The number of hydrogen-bond acceptors (Lipinski definition) is 2. The maximum Gasteiger partial charge on any atom is 0.308 e. The minimum atomic E-state index is -0.735. The Kier molecular flexibility index (Phi) is 1.42. The normalized spacial score (nSPS) is 25.8. The Labute approximate surface area is 53.4 Å². The Balaban J connectivity index is 2.48. The zero-order valence-electron chi connectivity index (χ0n) is 5.05. The lowest BCUT2D eigenvalue weighted by Gasteiger charge is -1.95. The van der Waals surface area contributed by atoms with Crippen molar-refractivity contribution in [2.45, 2.75) is 6.42 Å². The van der Waals surface area contributed by atoms with E-state index in [9.17, 15) is 4.79 Å². The molecule has 50 valence electrons. The number of rotatable bonds is 1. The maximum absolute atomic E-state index is 10.3. The molecule has 0 saturated carbocycles. The van der Waals surface area contributed by atoms with Crippen LogP contribution in [0.3, 0.4) is 0 Å². The van der Waals surface area contributed by atoms with Gasteiger partial charge in [0.1, 0.15) is 0 Å². The summed E-state index contributed by atoms with van der Waals surface area (Å²) in [5.74, 6) is -0.987. The lowest BCUT2D eigenvalue weighted by molar-refractivity contribution is -0.140. The number of carboxylic acid groups (broad SMARTS) is 1. The van der Waals surface area contributed by atoms with Crippen molar-refractivity contribution in [1.29, 1.82) is 0 Å². The number of carboxylic acids is 1. The molecule has 0 radical (unpaired) electrons. The minimum absolute atomic E-state index is 0.252. The number of carbonyl (C=O) groups is 1. The molecular weight excluding hydrogens is 118 g/mol. The first-order chi connectivity index (χ1) is 4.20. The van der Waals surface area contributed by atoms with Crippen molar-refractivity contribution < 1.29 is 9.90 Å². The van der Waals surface area contributed by atoms with Gasteiger partial charge in [0.25, 0.3) is 0 Å². The fourth-order valence-corrected chi connectivity index (χ4v) is 0.884. The van der Waals surface area contributed by atoms with Gasteiger partial charge in [0, 0.05) is 18.7 Å². The van der Waals surface area contributed by atoms with Crippen molar-refractivity contribution in [2.75, 3.05) is 6.54 Å². The molecule has 0 spiro atoms. The highest BCUT2D eigenvalue weighted by atomic mass is 16.4. The summed E-state index contributed by atoms with van der Waals surface area (Å²) < 4.78 is 0. The monoisotopic (exact) mass is 127 g/mol. The minimum Gasteiger partial charge on any atom is -0.481 e. The molecule has 0 aromatic rings. The van der Waals surface area contributed by atoms with E-state index in [0.29, 0.717) is 13.0 Å². The van der Waals surface area contributed by atoms with Crippen LogP contribution >= 0.6 is 0 Å². The summed E-state index contributed by atoms with van der Waals surface area (Å²) in [6.45, 7) is 4.15. The number of allylic oxidation sites excluding steroid dienone is 1. The standard InChI is InChI=1S/C6H9NO2/c1-4-2-5(3-7-4)6(8)9/h5,7H,1-3H2,(H,8,9). The lowest BCUT2D eigenvalue weighted by atomic mass is 10.1. The quantitative estimate of drug-likeness (QED) is 0.528. The summed E-state index contributed by atoms with van der Waals surface area (Å²) >= 11 is 0. The Hall–Kier alpha value is -0.990. The van der Waals surface area contributed by atoms with Crippen LogP contribution in [-0.4, -0.2) is 17.6 Å².